The molecule has 0 aromatic rings. The van der Waals surface area contributed by atoms with Crippen molar-refractivity contribution in [3.8, 4) is 0 Å². The van der Waals surface area contributed by atoms with Crippen molar-refractivity contribution >= 4 is 0 Å². The Bertz CT molecular complexity index is 225. The molecule has 0 heterocycles. The fraction of sp³-hybridized carbons (Fsp3) is 1.00. The Morgan fingerprint density at radius 3 is 0.643 bits per heavy atom. The fourth-order valence-corrected chi connectivity index (χ4v) is 4.24. The van der Waals surface area contributed by atoms with Gasteiger partial charge in [-0.05, 0) is 6.42 Å². The van der Waals surface area contributed by atoms with Crippen LogP contribution >= 0.6 is 0 Å². The Morgan fingerprint density at radius 1 is 0.286 bits per heavy atom. The maximum Gasteiger partial charge on any atom is 0.0822 e. The molecule has 0 aromatic heterocycles. The molecule has 0 fully saturated rings. The molecule has 0 N–H and O–H groups in total. The summed E-state index contributed by atoms with van der Waals surface area (Å²) in [5, 5.41) is 10.4. The van der Waals surface area contributed by atoms with Crippen molar-refractivity contribution in [1.29, 1.82) is 0 Å². The van der Waals surface area contributed by atoms with E-state index >= 15 is 0 Å². The van der Waals surface area contributed by atoms with Crippen molar-refractivity contribution in [2.45, 2.75) is 167 Å². The van der Waals surface area contributed by atoms with Gasteiger partial charge in [-0.3, -0.25) is 0 Å². The van der Waals surface area contributed by atoms with Crippen LogP contribution in [-0.2, 0) is 5.11 Å². The van der Waals surface area contributed by atoms with Gasteiger partial charge < -0.3 is 0 Å². The maximum absolute atomic E-state index is 10.4. The zero-order valence-corrected chi connectivity index (χ0v) is 19.8. The molecule has 0 saturated heterocycles. The van der Waals surface area contributed by atoms with Crippen LogP contribution in [0.2, 0.25) is 0 Å². The summed E-state index contributed by atoms with van der Waals surface area (Å²) < 4.78 is 0. The van der Waals surface area contributed by atoms with Crippen molar-refractivity contribution in [3.05, 3.63) is 0 Å². The lowest BCUT2D eigenvalue weighted by Crippen LogP contribution is -1.85. The summed E-state index contributed by atoms with van der Waals surface area (Å²) in [5.74, 6) is 0. The van der Waals surface area contributed by atoms with E-state index in [0.717, 1.165) is 12.8 Å². The predicted molar refractivity (Wildman–Crippen MR) is 127 cm³/mol. The van der Waals surface area contributed by atoms with Crippen LogP contribution in [0.3, 0.4) is 0 Å². The minimum absolute atomic E-state index is 0.124. The Balaban J connectivity index is 2.96. The molecule has 0 unspecified atom stereocenters. The summed E-state index contributed by atoms with van der Waals surface area (Å²) in [4.78, 5) is 0. The minimum Gasteiger partial charge on any atom is -0.237 e. The molecular weight excluding hydrogens is 340 g/mol. The number of hydrogen-bond acceptors (Lipinski definition) is 0. The second kappa shape index (κ2) is 27.0. The predicted octanol–water partition coefficient (Wildman–Crippen LogP) is 10.2. The van der Waals surface area contributed by atoms with Crippen LogP contribution in [0.1, 0.15) is 167 Å². The topological polar surface area (TPSA) is 19.9 Å². The van der Waals surface area contributed by atoms with Crippen molar-refractivity contribution < 1.29 is 5.11 Å². The molecule has 0 aromatic carbocycles. The zero-order valence-electron chi connectivity index (χ0n) is 19.8. The van der Waals surface area contributed by atoms with E-state index < -0.39 is 0 Å². The van der Waals surface area contributed by atoms with Crippen molar-refractivity contribution in [1.82, 2.24) is 0 Å². The summed E-state index contributed by atoms with van der Waals surface area (Å²) in [6.07, 6.45) is 35.2. The van der Waals surface area contributed by atoms with Gasteiger partial charge >= 0.3 is 0 Å². The third kappa shape index (κ3) is 26.0. The van der Waals surface area contributed by atoms with Crippen molar-refractivity contribution in [3.63, 3.8) is 0 Å². The SMILES string of the molecule is CCCCCCCCCCCCCCCCCCCCCCCCCCC[O]. The van der Waals surface area contributed by atoms with Crippen LogP contribution in [0.5, 0.6) is 0 Å². The van der Waals surface area contributed by atoms with Gasteiger partial charge in [0.1, 0.15) is 0 Å². The first-order valence-corrected chi connectivity index (χ1v) is 13.5. The lowest BCUT2D eigenvalue weighted by atomic mass is 10.0. The van der Waals surface area contributed by atoms with Gasteiger partial charge in [-0.15, -0.1) is 0 Å². The lowest BCUT2D eigenvalue weighted by Gasteiger charge is -2.04. The van der Waals surface area contributed by atoms with Crippen molar-refractivity contribution in [2.75, 3.05) is 6.61 Å². The minimum atomic E-state index is 0.124. The highest BCUT2D eigenvalue weighted by Gasteiger charge is 1.96. The van der Waals surface area contributed by atoms with Gasteiger partial charge in [0.25, 0.3) is 0 Å². The third-order valence-corrected chi connectivity index (χ3v) is 6.25. The smallest absolute Gasteiger partial charge is 0.0822 e. The quantitative estimate of drug-likeness (QED) is 0.137. The molecule has 1 heteroatoms. The molecule has 0 aliphatic carbocycles. The molecular formula is C27H55O. The zero-order chi connectivity index (χ0) is 20.4. The summed E-state index contributed by atoms with van der Waals surface area (Å²) in [5.41, 5.74) is 0. The van der Waals surface area contributed by atoms with E-state index in [2.05, 4.69) is 6.92 Å². The molecule has 169 valence electrons. The Kier molecular flexibility index (Phi) is 26.9. The summed E-state index contributed by atoms with van der Waals surface area (Å²) >= 11 is 0. The number of hydrogen-bond donors (Lipinski definition) is 0. The van der Waals surface area contributed by atoms with E-state index in [-0.39, 0.29) is 6.61 Å². The van der Waals surface area contributed by atoms with E-state index in [1.807, 2.05) is 0 Å². The van der Waals surface area contributed by atoms with Gasteiger partial charge in [-0.25, -0.2) is 5.11 Å². The molecule has 0 aliphatic rings. The second-order valence-electron chi connectivity index (χ2n) is 9.19. The van der Waals surface area contributed by atoms with Crippen LogP contribution in [0.4, 0.5) is 0 Å². The van der Waals surface area contributed by atoms with E-state index in [1.165, 1.54) is 148 Å². The van der Waals surface area contributed by atoms with E-state index in [1.54, 1.807) is 0 Å². The molecule has 0 aliphatic heterocycles. The van der Waals surface area contributed by atoms with E-state index in [4.69, 9.17) is 0 Å². The Morgan fingerprint density at radius 2 is 0.464 bits per heavy atom. The highest BCUT2D eigenvalue weighted by molar-refractivity contribution is 4.51. The van der Waals surface area contributed by atoms with Gasteiger partial charge in [0, 0.05) is 0 Å². The molecule has 0 atom stereocenters. The summed E-state index contributed by atoms with van der Waals surface area (Å²) in [7, 11) is 0. The van der Waals surface area contributed by atoms with Gasteiger partial charge in [-0.1, -0.05) is 161 Å². The van der Waals surface area contributed by atoms with E-state index in [0.29, 0.717) is 0 Å². The van der Waals surface area contributed by atoms with Crippen LogP contribution in [-0.4, -0.2) is 6.61 Å². The number of unbranched alkanes of at least 4 members (excludes halogenated alkanes) is 24. The average molecular weight is 396 g/mol. The second-order valence-corrected chi connectivity index (χ2v) is 9.19. The van der Waals surface area contributed by atoms with Crippen LogP contribution in [0.15, 0.2) is 0 Å². The largest absolute Gasteiger partial charge is 0.237 e. The van der Waals surface area contributed by atoms with Crippen LogP contribution < -0.4 is 0 Å². The average Bonchev–Trinajstić information content (AvgIpc) is 2.71. The number of rotatable bonds is 25. The first-order chi connectivity index (χ1) is 13.9. The molecule has 0 spiro atoms. The summed E-state index contributed by atoms with van der Waals surface area (Å²) in [6.45, 7) is 2.42. The van der Waals surface area contributed by atoms with E-state index in [9.17, 15) is 5.11 Å². The molecule has 28 heavy (non-hydrogen) atoms. The molecule has 0 saturated carbocycles. The maximum atomic E-state index is 10.4. The fourth-order valence-electron chi connectivity index (χ4n) is 4.24. The molecule has 1 nitrogen and oxygen atoms in total. The normalized spacial score (nSPS) is 11.4. The van der Waals surface area contributed by atoms with Gasteiger partial charge in [0.15, 0.2) is 0 Å². The monoisotopic (exact) mass is 395 g/mol. The molecule has 1 radical (unpaired) electrons. The van der Waals surface area contributed by atoms with Gasteiger partial charge in [0.2, 0.25) is 0 Å². The third-order valence-electron chi connectivity index (χ3n) is 6.25. The summed E-state index contributed by atoms with van der Waals surface area (Å²) in [6, 6.07) is 0. The first-order valence-electron chi connectivity index (χ1n) is 13.5. The lowest BCUT2D eigenvalue weighted by molar-refractivity contribution is 0.186. The van der Waals surface area contributed by atoms with Gasteiger partial charge in [0.05, 0.1) is 6.61 Å². The highest BCUT2D eigenvalue weighted by atomic mass is 16.2. The van der Waals surface area contributed by atoms with Gasteiger partial charge in [-0.2, -0.15) is 0 Å². The highest BCUT2D eigenvalue weighted by Crippen LogP contribution is 2.15. The first kappa shape index (κ1) is 28.0. The Hall–Kier alpha value is -0.0400. The molecule has 0 amide bonds. The van der Waals surface area contributed by atoms with Crippen molar-refractivity contribution in [2.24, 2.45) is 0 Å². The molecule has 0 rings (SSSR count). The molecule has 0 bridgehead atoms. The Labute approximate surface area is 179 Å². The van der Waals surface area contributed by atoms with Crippen LogP contribution in [0.25, 0.3) is 0 Å². The standard InChI is InChI=1S/C27H55O/c1-2-3-4-5-6-7-8-9-10-11-12-13-14-15-16-17-18-19-20-21-22-23-24-25-26-27-28/h2-27H2,1H3. The van der Waals surface area contributed by atoms with Crippen LogP contribution in [0, 0.1) is 0 Å².